The summed E-state index contributed by atoms with van der Waals surface area (Å²) in [7, 11) is 0. The van der Waals surface area contributed by atoms with Gasteiger partial charge < -0.3 is 10.2 Å². The van der Waals surface area contributed by atoms with Gasteiger partial charge in [-0.15, -0.1) is 0 Å². The molecule has 3 N–H and O–H groups in total. The molecule has 0 aromatic heterocycles. The fraction of sp³-hybridized carbons (Fsp3) is 0.200. The Labute approximate surface area is 122 Å². The number of nitro groups is 1. The predicted molar refractivity (Wildman–Crippen MR) is 81.1 cm³/mol. The molecule has 2 rings (SSSR count). The van der Waals surface area contributed by atoms with Crippen LogP contribution in [0.4, 0.5) is 11.4 Å². The second kappa shape index (κ2) is 6.71. The van der Waals surface area contributed by atoms with Gasteiger partial charge in [-0.3, -0.25) is 16.0 Å². The fourth-order valence-electron chi connectivity index (χ4n) is 1.94. The molecule has 0 radical (unpaired) electrons. The van der Waals surface area contributed by atoms with Crippen LogP contribution in [0.1, 0.15) is 18.1 Å². The van der Waals surface area contributed by atoms with Gasteiger partial charge in [-0.25, -0.2) is 0 Å². The van der Waals surface area contributed by atoms with E-state index in [1.165, 1.54) is 11.6 Å². The van der Waals surface area contributed by atoms with Gasteiger partial charge in [0, 0.05) is 6.07 Å². The van der Waals surface area contributed by atoms with Crippen LogP contribution in [0.2, 0.25) is 0 Å². The lowest BCUT2D eigenvalue weighted by atomic mass is 10.1. The van der Waals surface area contributed by atoms with E-state index in [4.69, 9.17) is 10.6 Å². The lowest BCUT2D eigenvalue weighted by Crippen LogP contribution is -2.09. The molecule has 0 bridgehead atoms. The van der Waals surface area contributed by atoms with E-state index in [2.05, 4.69) is 12.3 Å². The molecule has 0 spiro atoms. The van der Waals surface area contributed by atoms with Crippen LogP contribution in [-0.4, -0.2) is 4.92 Å². The zero-order valence-corrected chi connectivity index (χ0v) is 11.7. The summed E-state index contributed by atoms with van der Waals surface area (Å²) >= 11 is 0. The summed E-state index contributed by atoms with van der Waals surface area (Å²) in [4.78, 5) is 10.3. The number of aryl methyl sites for hydroxylation is 1. The normalized spacial score (nSPS) is 10.2. The molecule has 0 fully saturated rings. The van der Waals surface area contributed by atoms with Crippen molar-refractivity contribution < 1.29 is 9.66 Å². The first kappa shape index (κ1) is 14.8. The molecule has 0 atom stereocenters. The Morgan fingerprint density at radius 3 is 2.43 bits per heavy atom. The quantitative estimate of drug-likeness (QED) is 0.484. The van der Waals surface area contributed by atoms with Gasteiger partial charge in [-0.2, -0.15) is 0 Å². The zero-order valence-electron chi connectivity index (χ0n) is 11.7. The van der Waals surface area contributed by atoms with Gasteiger partial charge in [0.05, 0.1) is 4.92 Å². The molecule has 0 saturated carbocycles. The van der Waals surface area contributed by atoms with Crippen molar-refractivity contribution in [3.63, 3.8) is 0 Å². The van der Waals surface area contributed by atoms with E-state index in [1.54, 1.807) is 12.1 Å². The van der Waals surface area contributed by atoms with Crippen molar-refractivity contribution in [3.8, 4) is 5.75 Å². The molecular weight excluding hydrogens is 270 g/mol. The summed E-state index contributed by atoms with van der Waals surface area (Å²) in [5.74, 6) is 6.06. The first-order chi connectivity index (χ1) is 10.1. The highest BCUT2D eigenvalue weighted by Crippen LogP contribution is 2.25. The Balaban J connectivity index is 2.07. The molecule has 6 heteroatoms. The zero-order chi connectivity index (χ0) is 15.2. The molecule has 2 aromatic carbocycles. The SMILES string of the molecule is CCc1ccc(OCc2ccc([N+](=O)[O-])c(NN)c2)cc1. The number of nitrogens with one attached hydrogen (secondary N) is 1. The van der Waals surface area contributed by atoms with Crippen molar-refractivity contribution >= 4 is 11.4 Å². The number of benzene rings is 2. The van der Waals surface area contributed by atoms with E-state index < -0.39 is 4.92 Å². The van der Waals surface area contributed by atoms with Crippen molar-refractivity contribution in [1.29, 1.82) is 0 Å². The Bertz CT molecular complexity index is 627. The number of nitrogen functional groups attached to an aromatic ring is 1. The highest BCUT2D eigenvalue weighted by Gasteiger charge is 2.13. The summed E-state index contributed by atoms with van der Waals surface area (Å²) in [5, 5.41) is 10.8. The van der Waals surface area contributed by atoms with E-state index >= 15 is 0 Å². The number of ether oxygens (including phenoxy) is 1. The Morgan fingerprint density at radius 1 is 1.19 bits per heavy atom. The van der Waals surface area contributed by atoms with Crippen LogP contribution in [0, 0.1) is 10.1 Å². The van der Waals surface area contributed by atoms with E-state index in [-0.39, 0.29) is 11.4 Å². The summed E-state index contributed by atoms with van der Waals surface area (Å²) in [5.41, 5.74) is 4.58. The van der Waals surface area contributed by atoms with Crippen molar-refractivity contribution in [2.24, 2.45) is 5.84 Å². The van der Waals surface area contributed by atoms with Gasteiger partial charge in [0.25, 0.3) is 5.69 Å². The number of nitrogens with zero attached hydrogens (tertiary/aromatic N) is 1. The van der Waals surface area contributed by atoms with Crippen LogP contribution < -0.4 is 16.0 Å². The molecule has 0 aliphatic carbocycles. The highest BCUT2D eigenvalue weighted by atomic mass is 16.6. The number of hydrazine groups is 1. The lowest BCUT2D eigenvalue weighted by molar-refractivity contribution is -0.384. The number of rotatable bonds is 6. The molecule has 0 heterocycles. The molecule has 0 saturated heterocycles. The Morgan fingerprint density at radius 2 is 1.86 bits per heavy atom. The third-order valence-electron chi connectivity index (χ3n) is 3.15. The topological polar surface area (TPSA) is 90.4 Å². The first-order valence-electron chi connectivity index (χ1n) is 6.59. The highest BCUT2D eigenvalue weighted by molar-refractivity contribution is 5.62. The van der Waals surface area contributed by atoms with Gasteiger partial charge in [0.1, 0.15) is 18.0 Å². The van der Waals surface area contributed by atoms with E-state index in [0.29, 0.717) is 6.61 Å². The maximum absolute atomic E-state index is 10.8. The van der Waals surface area contributed by atoms with Crippen LogP contribution in [0.3, 0.4) is 0 Å². The smallest absolute Gasteiger partial charge is 0.293 e. The molecule has 0 aliphatic rings. The Kier molecular flexibility index (Phi) is 4.73. The molecule has 21 heavy (non-hydrogen) atoms. The molecular formula is C15H17N3O3. The number of hydrogen-bond donors (Lipinski definition) is 2. The summed E-state index contributed by atoms with van der Waals surface area (Å²) in [6, 6.07) is 12.5. The number of nitrogens with two attached hydrogens (primary N) is 1. The van der Waals surface area contributed by atoms with Crippen LogP contribution in [0.15, 0.2) is 42.5 Å². The molecule has 2 aromatic rings. The molecule has 6 nitrogen and oxygen atoms in total. The van der Waals surface area contributed by atoms with Gasteiger partial charge >= 0.3 is 0 Å². The van der Waals surface area contributed by atoms with Gasteiger partial charge in [-0.05, 0) is 41.8 Å². The van der Waals surface area contributed by atoms with Crippen molar-refractivity contribution in [2.75, 3.05) is 5.43 Å². The van der Waals surface area contributed by atoms with Crippen molar-refractivity contribution in [2.45, 2.75) is 20.0 Å². The molecule has 0 aliphatic heterocycles. The standard InChI is InChI=1S/C15H17N3O3/c1-2-11-3-6-13(7-4-11)21-10-12-5-8-15(18(19)20)14(9-12)17-16/h3-9,17H,2,10,16H2,1H3. The van der Waals surface area contributed by atoms with Crippen LogP contribution >= 0.6 is 0 Å². The average Bonchev–Trinajstić information content (AvgIpc) is 2.52. The third kappa shape index (κ3) is 3.70. The number of anilines is 1. The van der Waals surface area contributed by atoms with E-state index in [0.717, 1.165) is 17.7 Å². The number of nitro benzene ring substituents is 1. The number of hydrogen-bond acceptors (Lipinski definition) is 5. The van der Waals surface area contributed by atoms with Gasteiger partial charge in [0.15, 0.2) is 0 Å². The Hall–Kier alpha value is -2.60. The average molecular weight is 287 g/mol. The molecule has 0 amide bonds. The molecule has 0 unspecified atom stereocenters. The largest absolute Gasteiger partial charge is 0.489 e. The van der Waals surface area contributed by atoms with Crippen LogP contribution in [0.25, 0.3) is 0 Å². The van der Waals surface area contributed by atoms with Crippen LogP contribution in [0.5, 0.6) is 5.75 Å². The third-order valence-corrected chi connectivity index (χ3v) is 3.15. The van der Waals surface area contributed by atoms with E-state index in [9.17, 15) is 10.1 Å². The van der Waals surface area contributed by atoms with Crippen molar-refractivity contribution in [3.05, 3.63) is 63.7 Å². The first-order valence-corrected chi connectivity index (χ1v) is 6.59. The minimum Gasteiger partial charge on any atom is -0.489 e. The molecule has 110 valence electrons. The monoisotopic (exact) mass is 287 g/mol. The summed E-state index contributed by atoms with van der Waals surface area (Å²) in [6.45, 7) is 2.41. The fourth-order valence-corrected chi connectivity index (χ4v) is 1.94. The van der Waals surface area contributed by atoms with Crippen LogP contribution in [-0.2, 0) is 13.0 Å². The second-order valence-electron chi connectivity index (χ2n) is 4.54. The lowest BCUT2D eigenvalue weighted by Gasteiger charge is -2.09. The van der Waals surface area contributed by atoms with Gasteiger partial charge in [-0.1, -0.05) is 19.1 Å². The maximum Gasteiger partial charge on any atom is 0.293 e. The summed E-state index contributed by atoms with van der Waals surface area (Å²) in [6.07, 6.45) is 0.980. The minimum atomic E-state index is -0.483. The second-order valence-corrected chi connectivity index (χ2v) is 4.54. The van der Waals surface area contributed by atoms with Gasteiger partial charge in [0.2, 0.25) is 0 Å². The van der Waals surface area contributed by atoms with Crippen molar-refractivity contribution in [1.82, 2.24) is 0 Å². The summed E-state index contributed by atoms with van der Waals surface area (Å²) < 4.78 is 5.65. The van der Waals surface area contributed by atoms with E-state index in [1.807, 2.05) is 24.3 Å². The minimum absolute atomic E-state index is 0.0615. The predicted octanol–water partition coefficient (Wildman–Crippen LogP) is 3.02. The maximum atomic E-state index is 10.8.